The monoisotopic (exact) mass is 363 g/mol. The van der Waals surface area contributed by atoms with Crippen LogP contribution in [0.1, 0.15) is 32.1 Å². The molecule has 5 heteroatoms. The predicted octanol–water partition coefficient (Wildman–Crippen LogP) is 4.05. The molecule has 1 aromatic carbocycles. The largest absolute Gasteiger partial charge is 0.482 e. The zero-order chi connectivity index (χ0) is 14.4. The van der Waals surface area contributed by atoms with Crippen LogP contribution in [0.3, 0.4) is 0 Å². The molecule has 1 aliphatic carbocycles. The molecule has 0 saturated heterocycles. The summed E-state index contributed by atoms with van der Waals surface area (Å²) in [6.45, 7) is 0.0989. The summed E-state index contributed by atoms with van der Waals surface area (Å²) in [5, 5.41) is 2.86. The molecule has 0 spiro atoms. The van der Waals surface area contributed by atoms with Gasteiger partial charge in [-0.3, -0.25) is 4.79 Å². The number of alkyl halides is 1. The molecule has 0 radical (unpaired) electrons. The molecule has 1 aliphatic heterocycles. The van der Waals surface area contributed by atoms with Gasteiger partial charge in [0.1, 0.15) is 5.75 Å². The van der Waals surface area contributed by atoms with Gasteiger partial charge in [0.05, 0.1) is 10.5 Å². The first kappa shape index (κ1) is 13.3. The van der Waals surface area contributed by atoms with E-state index in [1.54, 1.807) is 0 Å². The molecule has 0 saturated carbocycles. The topological polar surface area (TPSA) is 38.3 Å². The number of hydrogen-bond acceptors (Lipinski definition) is 3. The van der Waals surface area contributed by atoms with E-state index in [9.17, 15) is 4.79 Å². The number of halogens is 1. The number of carbonyl (C=O) groups excluding carboxylic acids is 1. The Morgan fingerprint density at radius 1 is 1.29 bits per heavy atom. The molecule has 4 rings (SSSR count). The van der Waals surface area contributed by atoms with Gasteiger partial charge in [-0.25, -0.2) is 0 Å². The lowest BCUT2D eigenvalue weighted by Gasteiger charge is -2.19. The van der Waals surface area contributed by atoms with Crippen LogP contribution in [0.2, 0.25) is 0 Å². The molecule has 1 amide bonds. The Morgan fingerprint density at radius 2 is 2.19 bits per heavy atom. The Kier molecular flexibility index (Phi) is 3.27. The van der Waals surface area contributed by atoms with Crippen LogP contribution >= 0.6 is 27.3 Å². The van der Waals surface area contributed by atoms with Crippen LogP contribution in [-0.4, -0.2) is 12.5 Å². The summed E-state index contributed by atoms with van der Waals surface area (Å²) in [5.74, 6) is 0.646. The summed E-state index contributed by atoms with van der Waals surface area (Å²) in [6, 6.07) is 8.30. The van der Waals surface area contributed by atoms with E-state index < -0.39 is 0 Å². The lowest BCUT2D eigenvalue weighted by molar-refractivity contribution is -0.118. The smallest absolute Gasteiger partial charge is 0.262 e. The minimum atomic E-state index is -0.0964. The van der Waals surface area contributed by atoms with Gasteiger partial charge < -0.3 is 10.1 Å². The minimum absolute atomic E-state index is 0.0964. The molecule has 108 valence electrons. The SMILES string of the molecule is O=C1COc2ccc(C(Br)c3cc4c(s3)CCC4)cc2N1. The number of hydrogen-bond donors (Lipinski definition) is 1. The number of anilines is 1. The fraction of sp³-hybridized carbons (Fsp3) is 0.312. The normalized spacial score (nSPS) is 17.7. The summed E-state index contributed by atoms with van der Waals surface area (Å²) < 4.78 is 5.40. The second-order valence-electron chi connectivity index (χ2n) is 5.41. The first-order valence-corrected chi connectivity index (χ1v) is 8.76. The molecule has 21 heavy (non-hydrogen) atoms. The molecule has 1 N–H and O–H groups in total. The first-order valence-electron chi connectivity index (χ1n) is 7.03. The zero-order valence-electron chi connectivity index (χ0n) is 11.3. The van der Waals surface area contributed by atoms with Gasteiger partial charge in [-0.1, -0.05) is 22.0 Å². The molecule has 2 aromatic rings. The minimum Gasteiger partial charge on any atom is -0.482 e. The van der Waals surface area contributed by atoms with Crippen molar-refractivity contribution in [3.05, 3.63) is 45.1 Å². The maximum Gasteiger partial charge on any atom is 0.262 e. The van der Waals surface area contributed by atoms with Crippen molar-refractivity contribution >= 4 is 38.9 Å². The van der Waals surface area contributed by atoms with Crippen molar-refractivity contribution in [2.24, 2.45) is 0 Å². The van der Waals surface area contributed by atoms with E-state index in [0.29, 0.717) is 0 Å². The zero-order valence-corrected chi connectivity index (χ0v) is 13.7. The predicted molar refractivity (Wildman–Crippen MR) is 87.7 cm³/mol. The van der Waals surface area contributed by atoms with Crippen LogP contribution in [0.25, 0.3) is 0 Å². The number of thiophene rings is 1. The summed E-state index contributed by atoms with van der Waals surface area (Å²) in [6.07, 6.45) is 3.71. The molecule has 2 aliphatic rings. The lowest BCUT2D eigenvalue weighted by atomic mass is 10.1. The van der Waals surface area contributed by atoms with E-state index in [0.717, 1.165) is 17.0 Å². The summed E-state index contributed by atoms with van der Waals surface area (Å²) in [5.41, 5.74) is 3.41. The number of nitrogens with one attached hydrogen (secondary N) is 1. The number of carbonyl (C=O) groups is 1. The summed E-state index contributed by atoms with van der Waals surface area (Å²) >= 11 is 5.69. The average Bonchev–Trinajstić information content (AvgIpc) is 3.06. The fourth-order valence-electron chi connectivity index (χ4n) is 2.90. The third-order valence-electron chi connectivity index (χ3n) is 3.94. The summed E-state index contributed by atoms with van der Waals surface area (Å²) in [7, 11) is 0. The van der Waals surface area contributed by atoms with Gasteiger partial charge in [-0.05, 0) is 48.6 Å². The number of aryl methyl sites for hydroxylation is 2. The second kappa shape index (κ2) is 5.14. The molecule has 3 nitrogen and oxygen atoms in total. The average molecular weight is 364 g/mol. The van der Waals surface area contributed by atoms with Gasteiger partial charge in [-0.2, -0.15) is 0 Å². The Bertz CT molecular complexity index is 704. The van der Waals surface area contributed by atoms with Crippen molar-refractivity contribution in [2.45, 2.75) is 24.1 Å². The number of benzene rings is 1. The highest BCUT2D eigenvalue weighted by Gasteiger charge is 2.22. The number of amides is 1. The van der Waals surface area contributed by atoms with E-state index in [2.05, 4.69) is 33.4 Å². The third-order valence-corrected chi connectivity index (χ3v) is 6.57. The van der Waals surface area contributed by atoms with Crippen LogP contribution in [-0.2, 0) is 17.6 Å². The molecular weight excluding hydrogens is 350 g/mol. The third kappa shape index (κ3) is 2.38. The van der Waals surface area contributed by atoms with E-state index >= 15 is 0 Å². The van der Waals surface area contributed by atoms with Crippen molar-refractivity contribution in [1.29, 1.82) is 0 Å². The van der Waals surface area contributed by atoms with Crippen LogP contribution < -0.4 is 10.1 Å². The molecule has 0 bridgehead atoms. The van der Waals surface area contributed by atoms with Crippen LogP contribution in [0.15, 0.2) is 24.3 Å². The quantitative estimate of drug-likeness (QED) is 0.817. The van der Waals surface area contributed by atoms with Gasteiger partial charge in [0, 0.05) is 9.75 Å². The van der Waals surface area contributed by atoms with Gasteiger partial charge >= 0.3 is 0 Å². The molecule has 2 heterocycles. The van der Waals surface area contributed by atoms with Crippen LogP contribution in [0.4, 0.5) is 5.69 Å². The van der Waals surface area contributed by atoms with Gasteiger partial charge in [0.15, 0.2) is 6.61 Å². The van der Waals surface area contributed by atoms with Crippen molar-refractivity contribution in [2.75, 3.05) is 11.9 Å². The maximum absolute atomic E-state index is 11.4. The van der Waals surface area contributed by atoms with Crippen molar-refractivity contribution in [3.8, 4) is 5.75 Å². The van der Waals surface area contributed by atoms with Gasteiger partial charge in [-0.15, -0.1) is 11.3 Å². The van der Waals surface area contributed by atoms with Crippen molar-refractivity contribution < 1.29 is 9.53 Å². The Hall–Kier alpha value is -1.33. The van der Waals surface area contributed by atoms with E-state index in [1.165, 1.54) is 34.6 Å². The van der Waals surface area contributed by atoms with E-state index in [-0.39, 0.29) is 17.3 Å². The van der Waals surface area contributed by atoms with Crippen molar-refractivity contribution in [3.63, 3.8) is 0 Å². The van der Waals surface area contributed by atoms with Crippen molar-refractivity contribution in [1.82, 2.24) is 0 Å². The molecular formula is C16H14BrNO2S. The summed E-state index contributed by atoms with van der Waals surface area (Å²) in [4.78, 5) is 14.5. The maximum atomic E-state index is 11.4. The Labute approximate surface area is 135 Å². The molecule has 1 aromatic heterocycles. The second-order valence-corrected chi connectivity index (χ2v) is 7.49. The first-order chi connectivity index (χ1) is 10.2. The fourth-order valence-corrected chi connectivity index (χ4v) is 4.86. The number of ether oxygens (including phenoxy) is 1. The van der Waals surface area contributed by atoms with E-state index in [1.807, 2.05) is 23.5 Å². The highest BCUT2D eigenvalue weighted by atomic mass is 79.9. The van der Waals surface area contributed by atoms with Gasteiger partial charge in [0.2, 0.25) is 0 Å². The molecule has 1 atom stereocenters. The van der Waals surface area contributed by atoms with Crippen LogP contribution in [0, 0.1) is 0 Å². The Balaban J connectivity index is 1.66. The highest BCUT2D eigenvalue weighted by Crippen LogP contribution is 2.42. The lowest BCUT2D eigenvalue weighted by Crippen LogP contribution is -2.25. The number of rotatable bonds is 2. The van der Waals surface area contributed by atoms with Gasteiger partial charge in [0.25, 0.3) is 5.91 Å². The Morgan fingerprint density at radius 3 is 3.05 bits per heavy atom. The van der Waals surface area contributed by atoms with Crippen LogP contribution in [0.5, 0.6) is 5.75 Å². The molecule has 1 unspecified atom stereocenters. The molecule has 0 fully saturated rings. The van der Waals surface area contributed by atoms with E-state index in [4.69, 9.17) is 4.74 Å². The number of fused-ring (bicyclic) bond motifs is 2. The standard InChI is InChI=1S/C16H14BrNO2S/c17-16(14-7-9-2-1-3-13(9)21-14)10-4-5-12-11(6-10)18-15(19)8-20-12/h4-7,16H,1-3,8H2,(H,18,19). The highest BCUT2D eigenvalue weighted by molar-refractivity contribution is 9.09.